The van der Waals surface area contributed by atoms with Crippen LogP contribution in [0.15, 0.2) is 0 Å². The van der Waals surface area contributed by atoms with Gasteiger partial charge in [0.25, 0.3) is 0 Å². The van der Waals surface area contributed by atoms with Crippen LogP contribution in [-0.4, -0.2) is 57.3 Å². The molecular weight excluding hydrogens is 324 g/mol. The van der Waals surface area contributed by atoms with Crippen LogP contribution in [0.25, 0.3) is 0 Å². The molecule has 1 aliphatic rings. The zero-order valence-electron chi connectivity index (χ0n) is 15.7. The quantitative estimate of drug-likeness (QED) is 0.778. The van der Waals surface area contributed by atoms with Gasteiger partial charge in [-0.2, -0.15) is 0 Å². The molecule has 0 spiro atoms. The highest BCUT2D eigenvalue weighted by atomic mass is 16.6. The average molecular weight is 352 g/mol. The molecule has 1 aromatic rings. The molecule has 0 radical (unpaired) electrons. The second kappa shape index (κ2) is 7.84. The molecule has 1 saturated heterocycles. The van der Waals surface area contributed by atoms with Crippen molar-refractivity contribution in [1.29, 1.82) is 0 Å². The van der Waals surface area contributed by atoms with E-state index in [2.05, 4.69) is 10.3 Å². The van der Waals surface area contributed by atoms with Gasteiger partial charge >= 0.3 is 12.1 Å². The lowest BCUT2D eigenvalue weighted by Gasteiger charge is -2.26. The fourth-order valence-electron chi connectivity index (χ4n) is 2.91. The van der Waals surface area contributed by atoms with E-state index in [0.29, 0.717) is 25.4 Å². The molecule has 0 aromatic carbocycles. The van der Waals surface area contributed by atoms with E-state index >= 15 is 0 Å². The Kier molecular flexibility index (Phi) is 6.02. The number of rotatable bonds is 3. The number of ether oxygens (including phenoxy) is 2. The van der Waals surface area contributed by atoms with Gasteiger partial charge in [0, 0.05) is 13.1 Å². The molecule has 2 rings (SSSR count). The van der Waals surface area contributed by atoms with E-state index < -0.39 is 11.6 Å². The summed E-state index contributed by atoms with van der Waals surface area (Å²) in [5, 5.41) is 8.12. The number of carbonyl (C=O) groups is 2. The molecule has 0 saturated carbocycles. The van der Waals surface area contributed by atoms with Crippen LogP contribution >= 0.6 is 0 Å². The standard InChI is InChI=1S/C17H28N4O4/c1-6-24-15(22)14-12(2)21(19-18-14)13-8-7-10-20(11-9-13)16(23)25-17(3,4)5/h13H,6-11H2,1-5H3. The van der Waals surface area contributed by atoms with Crippen molar-refractivity contribution >= 4 is 12.1 Å². The van der Waals surface area contributed by atoms with E-state index in [9.17, 15) is 9.59 Å². The van der Waals surface area contributed by atoms with Crippen molar-refractivity contribution in [2.24, 2.45) is 0 Å². The van der Waals surface area contributed by atoms with E-state index in [1.54, 1.807) is 16.5 Å². The third-order valence-electron chi connectivity index (χ3n) is 4.09. The summed E-state index contributed by atoms with van der Waals surface area (Å²) in [4.78, 5) is 25.9. The van der Waals surface area contributed by atoms with E-state index in [-0.39, 0.29) is 17.8 Å². The molecule has 8 heteroatoms. The van der Waals surface area contributed by atoms with Crippen molar-refractivity contribution in [2.45, 2.75) is 65.5 Å². The molecule has 1 unspecified atom stereocenters. The highest BCUT2D eigenvalue weighted by Gasteiger charge is 2.28. The molecule has 8 nitrogen and oxygen atoms in total. The number of aromatic nitrogens is 3. The first-order valence-electron chi connectivity index (χ1n) is 8.79. The van der Waals surface area contributed by atoms with Gasteiger partial charge in [0.1, 0.15) is 5.60 Å². The Balaban J connectivity index is 2.04. The Bertz CT molecular complexity index is 621. The summed E-state index contributed by atoms with van der Waals surface area (Å²) in [7, 11) is 0. The maximum Gasteiger partial charge on any atom is 0.410 e. The smallest absolute Gasteiger partial charge is 0.410 e. The molecule has 140 valence electrons. The van der Waals surface area contributed by atoms with Gasteiger partial charge in [0.15, 0.2) is 5.69 Å². The number of esters is 1. The number of hydrogen-bond acceptors (Lipinski definition) is 6. The van der Waals surface area contributed by atoms with Gasteiger partial charge in [0.05, 0.1) is 18.3 Å². The van der Waals surface area contributed by atoms with Crippen molar-refractivity contribution < 1.29 is 19.1 Å². The Hall–Kier alpha value is -2.12. The molecule has 1 atom stereocenters. The number of likely N-dealkylation sites (tertiary alicyclic amines) is 1. The predicted octanol–water partition coefficient (Wildman–Crippen LogP) is 2.73. The molecule has 0 bridgehead atoms. The van der Waals surface area contributed by atoms with Crippen LogP contribution in [-0.2, 0) is 9.47 Å². The summed E-state index contributed by atoms with van der Waals surface area (Å²) < 4.78 is 12.2. The van der Waals surface area contributed by atoms with E-state index in [4.69, 9.17) is 9.47 Å². The fourth-order valence-corrected chi connectivity index (χ4v) is 2.91. The largest absolute Gasteiger partial charge is 0.461 e. The lowest BCUT2D eigenvalue weighted by atomic mass is 10.1. The fraction of sp³-hybridized carbons (Fsp3) is 0.765. The Morgan fingerprint density at radius 1 is 1.24 bits per heavy atom. The lowest BCUT2D eigenvalue weighted by Crippen LogP contribution is -2.37. The molecular formula is C17H28N4O4. The summed E-state index contributed by atoms with van der Waals surface area (Å²) in [5.41, 5.74) is 0.462. The number of hydrogen-bond donors (Lipinski definition) is 0. The second-order valence-corrected chi connectivity index (χ2v) is 7.24. The second-order valence-electron chi connectivity index (χ2n) is 7.24. The Morgan fingerprint density at radius 3 is 2.60 bits per heavy atom. The molecule has 2 heterocycles. The van der Waals surface area contributed by atoms with Crippen LogP contribution in [0.5, 0.6) is 0 Å². The maximum atomic E-state index is 12.2. The van der Waals surface area contributed by atoms with Gasteiger partial charge in [-0.15, -0.1) is 5.10 Å². The number of amides is 1. The van der Waals surface area contributed by atoms with Crippen LogP contribution in [0, 0.1) is 6.92 Å². The average Bonchev–Trinajstić information content (AvgIpc) is 2.73. The first kappa shape index (κ1) is 19.2. The van der Waals surface area contributed by atoms with E-state index in [0.717, 1.165) is 19.3 Å². The summed E-state index contributed by atoms with van der Waals surface area (Å²) >= 11 is 0. The van der Waals surface area contributed by atoms with Gasteiger partial charge in [-0.25, -0.2) is 14.3 Å². The predicted molar refractivity (Wildman–Crippen MR) is 91.4 cm³/mol. The minimum atomic E-state index is -0.500. The number of nitrogens with zero attached hydrogens (tertiary/aromatic N) is 4. The van der Waals surface area contributed by atoms with Crippen LogP contribution in [0.2, 0.25) is 0 Å². The topological polar surface area (TPSA) is 86.5 Å². The van der Waals surface area contributed by atoms with Crippen molar-refractivity contribution in [3.8, 4) is 0 Å². The summed E-state index contributed by atoms with van der Waals surface area (Å²) in [6.45, 7) is 10.7. The Morgan fingerprint density at radius 2 is 1.96 bits per heavy atom. The minimum Gasteiger partial charge on any atom is -0.461 e. The zero-order valence-corrected chi connectivity index (χ0v) is 15.7. The van der Waals surface area contributed by atoms with Gasteiger partial charge < -0.3 is 14.4 Å². The molecule has 0 N–H and O–H groups in total. The molecule has 0 aliphatic carbocycles. The molecule has 1 fully saturated rings. The van der Waals surface area contributed by atoms with Crippen LogP contribution in [0.3, 0.4) is 0 Å². The van der Waals surface area contributed by atoms with E-state index in [1.807, 2.05) is 27.7 Å². The third kappa shape index (κ3) is 4.93. The van der Waals surface area contributed by atoms with Crippen molar-refractivity contribution in [1.82, 2.24) is 19.9 Å². The normalized spacial score (nSPS) is 18.6. The first-order chi connectivity index (χ1) is 11.7. The van der Waals surface area contributed by atoms with E-state index in [1.165, 1.54) is 0 Å². The van der Waals surface area contributed by atoms with Crippen LogP contribution in [0.4, 0.5) is 4.79 Å². The van der Waals surface area contributed by atoms with Crippen LogP contribution in [0.1, 0.15) is 69.2 Å². The van der Waals surface area contributed by atoms with Crippen LogP contribution < -0.4 is 0 Å². The third-order valence-corrected chi connectivity index (χ3v) is 4.09. The minimum absolute atomic E-state index is 0.100. The molecule has 25 heavy (non-hydrogen) atoms. The molecule has 1 amide bonds. The SMILES string of the molecule is CCOC(=O)c1nnn(C2CCCN(C(=O)OC(C)(C)C)CC2)c1C. The molecule has 1 aliphatic heterocycles. The van der Waals surface area contributed by atoms with Gasteiger partial charge in [-0.3, -0.25) is 0 Å². The molecule has 1 aromatic heterocycles. The zero-order chi connectivity index (χ0) is 18.6. The highest BCUT2D eigenvalue weighted by Crippen LogP contribution is 2.25. The Labute approximate surface area is 148 Å². The lowest BCUT2D eigenvalue weighted by molar-refractivity contribution is 0.0255. The van der Waals surface area contributed by atoms with Crippen molar-refractivity contribution in [3.05, 3.63) is 11.4 Å². The maximum absolute atomic E-state index is 12.2. The highest BCUT2D eigenvalue weighted by molar-refractivity contribution is 5.88. The first-order valence-corrected chi connectivity index (χ1v) is 8.79. The monoisotopic (exact) mass is 352 g/mol. The van der Waals surface area contributed by atoms with Gasteiger partial charge in [-0.1, -0.05) is 5.21 Å². The van der Waals surface area contributed by atoms with Crippen molar-refractivity contribution in [2.75, 3.05) is 19.7 Å². The van der Waals surface area contributed by atoms with Gasteiger partial charge in [0.2, 0.25) is 0 Å². The number of carbonyl (C=O) groups excluding carboxylic acids is 2. The van der Waals surface area contributed by atoms with Crippen molar-refractivity contribution in [3.63, 3.8) is 0 Å². The summed E-state index contributed by atoms with van der Waals surface area (Å²) in [5.74, 6) is -0.449. The summed E-state index contributed by atoms with van der Waals surface area (Å²) in [6.07, 6.45) is 2.17. The summed E-state index contributed by atoms with van der Waals surface area (Å²) in [6, 6.07) is 0.100. The van der Waals surface area contributed by atoms with Gasteiger partial charge in [-0.05, 0) is 53.9 Å².